The first kappa shape index (κ1) is 12.7. The van der Waals surface area contributed by atoms with E-state index >= 15 is 0 Å². The Hall–Kier alpha value is -0.780. The Morgan fingerprint density at radius 2 is 2.18 bits per heavy atom. The normalized spacial score (nSPS) is 10.6. The molecule has 88 valence electrons. The molecule has 1 aromatic heterocycles. The SMILES string of the molecule is Cc1nc(=S)cc(-c2ccc(Br)c(Cl)c2F)[nH]1. The minimum absolute atomic E-state index is 0.0521. The molecule has 2 rings (SSSR count). The van der Waals surface area contributed by atoms with E-state index in [4.69, 9.17) is 23.8 Å². The Morgan fingerprint density at radius 3 is 2.82 bits per heavy atom. The van der Waals surface area contributed by atoms with Gasteiger partial charge in [-0.2, -0.15) is 0 Å². The molecule has 0 spiro atoms. The summed E-state index contributed by atoms with van der Waals surface area (Å²) in [5.41, 5.74) is 0.934. The highest BCUT2D eigenvalue weighted by Gasteiger charge is 2.12. The van der Waals surface area contributed by atoms with Gasteiger partial charge in [-0.05, 0) is 41.1 Å². The van der Waals surface area contributed by atoms with Crippen LogP contribution in [0, 0.1) is 17.4 Å². The van der Waals surface area contributed by atoms with Crippen molar-refractivity contribution in [3.05, 3.63) is 44.0 Å². The molecule has 0 bridgehead atoms. The molecule has 0 saturated carbocycles. The van der Waals surface area contributed by atoms with E-state index in [9.17, 15) is 4.39 Å². The number of nitrogens with zero attached hydrogens (tertiary/aromatic N) is 1. The Morgan fingerprint density at radius 1 is 1.47 bits per heavy atom. The van der Waals surface area contributed by atoms with Crippen molar-refractivity contribution >= 4 is 39.7 Å². The standard InChI is InChI=1S/C11H7BrClFN2S/c1-5-15-8(4-9(17)16-5)6-2-3-7(12)10(13)11(6)14/h2-4H,1H3,(H,15,16,17). The lowest BCUT2D eigenvalue weighted by molar-refractivity contribution is 0.630. The van der Waals surface area contributed by atoms with Gasteiger partial charge in [0.05, 0.1) is 10.7 Å². The molecule has 0 amide bonds. The average Bonchev–Trinajstić information content (AvgIpc) is 2.24. The van der Waals surface area contributed by atoms with Gasteiger partial charge in [-0.3, -0.25) is 0 Å². The number of benzene rings is 1. The molecule has 1 N–H and O–H groups in total. The lowest BCUT2D eigenvalue weighted by atomic mass is 10.1. The molecular weight excluding hydrogens is 327 g/mol. The van der Waals surface area contributed by atoms with E-state index in [0.717, 1.165) is 0 Å². The highest BCUT2D eigenvalue weighted by Crippen LogP contribution is 2.32. The molecule has 0 saturated heterocycles. The van der Waals surface area contributed by atoms with Crippen LogP contribution in [0.4, 0.5) is 4.39 Å². The number of nitrogens with one attached hydrogen (secondary N) is 1. The van der Waals surface area contributed by atoms with Gasteiger partial charge in [0.25, 0.3) is 0 Å². The summed E-state index contributed by atoms with van der Waals surface area (Å²) in [4.78, 5) is 6.98. The van der Waals surface area contributed by atoms with Gasteiger partial charge in [0.15, 0.2) is 5.82 Å². The molecule has 2 aromatic rings. The number of aryl methyl sites for hydroxylation is 1. The zero-order valence-corrected chi connectivity index (χ0v) is 11.9. The van der Waals surface area contributed by atoms with Gasteiger partial charge in [0.1, 0.15) is 10.5 Å². The zero-order valence-electron chi connectivity index (χ0n) is 8.72. The predicted octanol–water partition coefficient (Wildman–Crippen LogP) is 4.67. The molecule has 0 aliphatic heterocycles. The maximum atomic E-state index is 14.0. The molecule has 0 radical (unpaired) electrons. The van der Waals surface area contributed by atoms with Crippen molar-refractivity contribution in [2.45, 2.75) is 6.92 Å². The number of hydrogen-bond acceptors (Lipinski definition) is 2. The zero-order chi connectivity index (χ0) is 12.6. The molecule has 2 nitrogen and oxygen atoms in total. The highest BCUT2D eigenvalue weighted by molar-refractivity contribution is 9.10. The van der Waals surface area contributed by atoms with E-state index in [2.05, 4.69) is 25.9 Å². The largest absolute Gasteiger partial charge is 0.343 e. The van der Waals surface area contributed by atoms with Crippen molar-refractivity contribution in [3.8, 4) is 11.3 Å². The molecule has 1 heterocycles. The van der Waals surface area contributed by atoms with Gasteiger partial charge in [0, 0.05) is 10.0 Å². The van der Waals surface area contributed by atoms with Gasteiger partial charge in [-0.15, -0.1) is 0 Å². The quantitative estimate of drug-likeness (QED) is 0.607. The van der Waals surface area contributed by atoms with Crippen LogP contribution in [-0.2, 0) is 0 Å². The summed E-state index contributed by atoms with van der Waals surface area (Å²) in [6, 6.07) is 4.92. The average molecular weight is 334 g/mol. The van der Waals surface area contributed by atoms with Gasteiger partial charge in [-0.1, -0.05) is 23.8 Å². The Bertz CT molecular complexity index is 642. The number of rotatable bonds is 1. The van der Waals surface area contributed by atoms with E-state index in [1.807, 2.05) is 0 Å². The maximum Gasteiger partial charge on any atom is 0.152 e. The Kier molecular flexibility index (Phi) is 3.61. The van der Waals surface area contributed by atoms with Gasteiger partial charge in [0.2, 0.25) is 0 Å². The number of halogens is 3. The third kappa shape index (κ3) is 2.56. The van der Waals surface area contributed by atoms with Crippen LogP contribution in [-0.4, -0.2) is 9.97 Å². The van der Waals surface area contributed by atoms with E-state index in [0.29, 0.717) is 26.2 Å². The van der Waals surface area contributed by atoms with Crippen LogP contribution in [0.25, 0.3) is 11.3 Å². The highest BCUT2D eigenvalue weighted by atomic mass is 79.9. The summed E-state index contributed by atoms with van der Waals surface area (Å²) in [5, 5.41) is 0.0521. The predicted molar refractivity (Wildman–Crippen MR) is 72.3 cm³/mol. The van der Waals surface area contributed by atoms with Crippen LogP contribution in [0.3, 0.4) is 0 Å². The molecule has 17 heavy (non-hydrogen) atoms. The molecule has 1 aromatic carbocycles. The van der Waals surface area contributed by atoms with Crippen LogP contribution in [0.1, 0.15) is 5.82 Å². The summed E-state index contributed by atoms with van der Waals surface area (Å²) in [6.45, 7) is 1.76. The number of H-pyrrole nitrogens is 1. The molecule has 6 heteroatoms. The second-order valence-electron chi connectivity index (χ2n) is 3.44. The minimum atomic E-state index is -0.489. The molecule has 0 unspecified atom stereocenters. The summed E-state index contributed by atoms with van der Waals surface area (Å²) in [7, 11) is 0. The fraction of sp³-hybridized carbons (Fsp3) is 0.0909. The lowest BCUT2D eigenvalue weighted by Gasteiger charge is -2.07. The van der Waals surface area contributed by atoms with E-state index < -0.39 is 5.82 Å². The van der Waals surface area contributed by atoms with Crippen LogP contribution in [0.5, 0.6) is 0 Å². The molecular formula is C11H7BrClFN2S. The van der Waals surface area contributed by atoms with Gasteiger partial charge >= 0.3 is 0 Å². The Balaban J connectivity index is 2.69. The van der Waals surface area contributed by atoms with Crippen molar-refractivity contribution in [1.29, 1.82) is 0 Å². The second-order valence-corrected chi connectivity index (χ2v) is 5.09. The summed E-state index contributed by atoms with van der Waals surface area (Å²) >= 11 is 14.0. The van der Waals surface area contributed by atoms with E-state index in [1.54, 1.807) is 25.1 Å². The van der Waals surface area contributed by atoms with Crippen LogP contribution >= 0.6 is 39.7 Å². The molecule has 0 atom stereocenters. The van der Waals surface area contributed by atoms with Crippen LogP contribution < -0.4 is 0 Å². The first-order chi connectivity index (χ1) is 7.99. The summed E-state index contributed by atoms with van der Waals surface area (Å²) < 4.78 is 14.9. The van der Waals surface area contributed by atoms with E-state index in [-0.39, 0.29) is 5.02 Å². The van der Waals surface area contributed by atoms with Crippen molar-refractivity contribution in [3.63, 3.8) is 0 Å². The third-order valence-electron chi connectivity index (χ3n) is 2.19. The molecule has 0 fully saturated rings. The monoisotopic (exact) mass is 332 g/mol. The number of hydrogen-bond donors (Lipinski definition) is 1. The fourth-order valence-electron chi connectivity index (χ4n) is 1.46. The van der Waals surface area contributed by atoms with Crippen molar-refractivity contribution < 1.29 is 4.39 Å². The van der Waals surface area contributed by atoms with Crippen molar-refractivity contribution in [2.24, 2.45) is 0 Å². The first-order valence-electron chi connectivity index (χ1n) is 4.71. The van der Waals surface area contributed by atoms with Crippen molar-refractivity contribution in [2.75, 3.05) is 0 Å². The maximum absolute atomic E-state index is 14.0. The number of aromatic nitrogens is 2. The Labute approximate surface area is 116 Å². The topological polar surface area (TPSA) is 28.7 Å². The fourth-order valence-corrected chi connectivity index (χ4v) is 2.18. The third-order valence-corrected chi connectivity index (χ3v) is 3.65. The lowest BCUT2D eigenvalue weighted by Crippen LogP contribution is -1.94. The number of aromatic amines is 1. The van der Waals surface area contributed by atoms with Crippen LogP contribution in [0.2, 0.25) is 5.02 Å². The smallest absolute Gasteiger partial charge is 0.152 e. The van der Waals surface area contributed by atoms with Gasteiger partial charge < -0.3 is 4.98 Å². The molecule has 0 aliphatic carbocycles. The summed E-state index contributed by atoms with van der Waals surface area (Å²) in [5.74, 6) is 0.142. The first-order valence-corrected chi connectivity index (χ1v) is 6.29. The molecule has 0 aliphatic rings. The summed E-state index contributed by atoms with van der Waals surface area (Å²) in [6.07, 6.45) is 0. The van der Waals surface area contributed by atoms with E-state index in [1.165, 1.54) is 0 Å². The second kappa shape index (κ2) is 4.84. The minimum Gasteiger partial charge on any atom is -0.343 e. The van der Waals surface area contributed by atoms with Crippen LogP contribution in [0.15, 0.2) is 22.7 Å². The van der Waals surface area contributed by atoms with Gasteiger partial charge in [-0.25, -0.2) is 9.37 Å². The van der Waals surface area contributed by atoms with Crippen molar-refractivity contribution in [1.82, 2.24) is 9.97 Å².